The molecule has 0 unspecified atom stereocenters. The number of nitrogens with zero attached hydrogens (tertiary/aromatic N) is 1. The maximum Gasteiger partial charge on any atom is 0.184 e. The van der Waals surface area contributed by atoms with E-state index < -0.39 is 0 Å². The Morgan fingerprint density at radius 3 is 2.82 bits per heavy atom. The molecule has 0 radical (unpaired) electrons. The lowest BCUT2D eigenvalue weighted by atomic mass is 10.1. The smallest absolute Gasteiger partial charge is 0.184 e. The normalized spacial score (nSPS) is 10.9. The molecule has 0 aliphatic heterocycles. The molecule has 0 aliphatic carbocycles. The summed E-state index contributed by atoms with van der Waals surface area (Å²) in [6, 6.07) is 13.5. The standard InChI is InChI=1S/C18H17ClN2O/c1-12-7-8-13(19)9-16(12)20-10-18(22)15-11-21(2)17-6-4-3-5-14(15)17/h3-9,11,20H,10H2,1-2H3. The molecule has 22 heavy (non-hydrogen) atoms. The molecule has 0 spiro atoms. The van der Waals surface area contributed by atoms with Crippen molar-refractivity contribution in [2.24, 2.45) is 7.05 Å². The first kappa shape index (κ1) is 14.7. The van der Waals surface area contributed by atoms with Gasteiger partial charge in [-0.3, -0.25) is 4.79 Å². The van der Waals surface area contributed by atoms with Gasteiger partial charge in [-0.1, -0.05) is 35.9 Å². The summed E-state index contributed by atoms with van der Waals surface area (Å²) >= 11 is 6.00. The van der Waals surface area contributed by atoms with Crippen molar-refractivity contribution < 1.29 is 4.79 Å². The Morgan fingerprint density at radius 1 is 1.23 bits per heavy atom. The van der Waals surface area contributed by atoms with E-state index in [1.54, 1.807) is 0 Å². The topological polar surface area (TPSA) is 34.0 Å². The van der Waals surface area contributed by atoms with Gasteiger partial charge in [0.2, 0.25) is 0 Å². The van der Waals surface area contributed by atoms with Crippen LogP contribution in [0.4, 0.5) is 5.69 Å². The molecular weight excluding hydrogens is 296 g/mol. The molecule has 112 valence electrons. The summed E-state index contributed by atoms with van der Waals surface area (Å²) in [5.74, 6) is 0.0659. The van der Waals surface area contributed by atoms with Crippen LogP contribution in [-0.2, 0) is 7.05 Å². The minimum absolute atomic E-state index is 0.0659. The van der Waals surface area contributed by atoms with Gasteiger partial charge >= 0.3 is 0 Å². The van der Waals surface area contributed by atoms with Crippen LogP contribution in [0.1, 0.15) is 15.9 Å². The number of anilines is 1. The third kappa shape index (κ3) is 2.72. The molecule has 2 aromatic carbocycles. The van der Waals surface area contributed by atoms with Gasteiger partial charge in [0.25, 0.3) is 0 Å². The van der Waals surface area contributed by atoms with E-state index in [0.29, 0.717) is 5.02 Å². The van der Waals surface area contributed by atoms with Gasteiger partial charge in [-0.25, -0.2) is 0 Å². The summed E-state index contributed by atoms with van der Waals surface area (Å²) in [5.41, 5.74) is 3.76. The minimum Gasteiger partial charge on any atom is -0.377 e. The van der Waals surface area contributed by atoms with Gasteiger partial charge in [-0.05, 0) is 30.7 Å². The summed E-state index contributed by atoms with van der Waals surface area (Å²) < 4.78 is 1.98. The molecule has 0 saturated carbocycles. The van der Waals surface area contributed by atoms with Crippen LogP contribution in [0, 0.1) is 6.92 Å². The highest BCUT2D eigenvalue weighted by Gasteiger charge is 2.13. The molecule has 0 atom stereocenters. The molecule has 0 bridgehead atoms. The van der Waals surface area contributed by atoms with Gasteiger partial charge in [-0.15, -0.1) is 0 Å². The molecule has 4 heteroatoms. The molecule has 3 nitrogen and oxygen atoms in total. The molecule has 0 aliphatic rings. The second-order valence-electron chi connectivity index (χ2n) is 5.41. The number of Topliss-reactive ketones (excluding diaryl/α,β-unsaturated/α-hetero) is 1. The molecule has 1 aromatic heterocycles. The number of halogens is 1. The Kier molecular flexibility index (Phi) is 3.90. The van der Waals surface area contributed by atoms with Crippen molar-refractivity contribution in [2.45, 2.75) is 6.92 Å². The number of hydrogen-bond donors (Lipinski definition) is 1. The predicted octanol–water partition coefficient (Wildman–Crippen LogP) is 4.43. The Labute approximate surface area is 134 Å². The molecule has 1 heterocycles. The number of carbonyl (C=O) groups excluding carboxylic acids is 1. The van der Waals surface area contributed by atoms with Crippen molar-refractivity contribution in [1.29, 1.82) is 0 Å². The number of para-hydroxylation sites is 1. The number of nitrogens with one attached hydrogen (secondary N) is 1. The van der Waals surface area contributed by atoms with E-state index >= 15 is 0 Å². The highest BCUT2D eigenvalue weighted by Crippen LogP contribution is 2.22. The summed E-state index contributed by atoms with van der Waals surface area (Å²) in [7, 11) is 1.95. The second kappa shape index (κ2) is 5.85. The average Bonchev–Trinajstić information content (AvgIpc) is 2.86. The summed E-state index contributed by atoms with van der Waals surface area (Å²) in [6.45, 7) is 2.23. The lowest BCUT2D eigenvalue weighted by Crippen LogP contribution is -2.14. The predicted molar refractivity (Wildman–Crippen MR) is 91.9 cm³/mol. The first-order chi connectivity index (χ1) is 10.6. The zero-order valence-electron chi connectivity index (χ0n) is 12.6. The van der Waals surface area contributed by atoms with E-state index in [-0.39, 0.29) is 12.3 Å². The lowest BCUT2D eigenvalue weighted by molar-refractivity contribution is 0.101. The Bertz CT molecular complexity index is 851. The van der Waals surface area contributed by atoms with Crippen molar-refractivity contribution >= 4 is 34.0 Å². The number of benzene rings is 2. The van der Waals surface area contributed by atoms with Crippen LogP contribution in [0.25, 0.3) is 10.9 Å². The maximum atomic E-state index is 12.5. The van der Waals surface area contributed by atoms with Crippen molar-refractivity contribution in [3.05, 3.63) is 64.8 Å². The first-order valence-corrected chi connectivity index (χ1v) is 7.51. The van der Waals surface area contributed by atoms with E-state index in [4.69, 9.17) is 11.6 Å². The molecular formula is C18H17ClN2O. The Balaban J connectivity index is 1.83. The third-order valence-electron chi connectivity index (χ3n) is 3.84. The van der Waals surface area contributed by atoms with E-state index in [0.717, 1.165) is 27.7 Å². The monoisotopic (exact) mass is 312 g/mol. The zero-order chi connectivity index (χ0) is 15.7. The van der Waals surface area contributed by atoms with Crippen LogP contribution in [-0.4, -0.2) is 16.9 Å². The molecule has 3 rings (SSSR count). The maximum absolute atomic E-state index is 12.5. The number of aromatic nitrogens is 1. The van der Waals surface area contributed by atoms with Gasteiger partial charge in [0, 0.05) is 40.4 Å². The van der Waals surface area contributed by atoms with Crippen molar-refractivity contribution in [1.82, 2.24) is 4.57 Å². The van der Waals surface area contributed by atoms with Crippen LogP contribution >= 0.6 is 11.6 Å². The van der Waals surface area contributed by atoms with Crippen LogP contribution in [0.15, 0.2) is 48.7 Å². The number of aryl methyl sites for hydroxylation is 2. The highest BCUT2D eigenvalue weighted by molar-refractivity contribution is 6.30. The molecule has 0 saturated heterocycles. The van der Waals surface area contributed by atoms with Crippen LogP contribution in [0.5, 0.6) is 0 Å². The zero-order valence-corrected chi connectivity index (χ0v) is 13.3. The fourth-order valence-corrected chi connectivity index (χ4v) is 2.79. The van der Waals surface area contributed by atoms with Gasteiger partial charge < -0.3 is 9.88 Å². The fraction of sp³-hybridized carbons (Fsp3) is 0.167. The summed E-state index contributed by atoms with van der Waals surface area (Å²) in [6.07, 6.45) is 1.89. The van der Waals surface area contributed by atoms with Gasteiger partial charge in [0.05, 0.1) is 6.54 Å². The number of fused-ring (bicyclic) bond motifs is 1. The van der Waals surface area contributed by atoms with Crippen LogP contribution in [0.2, 0.25) is 5.02 Å². The van der Waals surface area contributed by atoms with Gasteiger partial charge in [0.15, 0.2) is 5.78 Å². The average molecular weight is 313 g/mol. The number of ketones is 1. The van der Waals surface area contributed by atoms with Crippen molar-refractivity contribution in [2.75, 3.05) is 11.9 Å². The number of rotatable bonds is 4. The quantitative estimate of drug-likeness (QED) is 0.723. The molecule has 3 aromatic rings. The fourth-order valence-electron chi connectivity index (χ4n) is 2.62. The van der Waals surface area contributed by atoms with Gasteiger partial charge in [0.1, 0.15) is 0 Å². The highest BCUT2D eigenvalue weighted by atomic mass is 35.5. The van der Waals surface area contributed by atoms with Crippen molar-refractivity contribution in [3.8, 4) is 0 Å². The Morgan fingerprint density at radius 2 is 2.00 bits per heavy atom. The summed E-state index contributed by atoms with van der Waals surface area (Å²) in [5, 5.41) is 4.83. The SMILES string of the molecule is Cc1ccc(Cl)cc1NCC(=O)c1cn(C)c2ccccc12. The van der Waals surface area contributed by atoms with Gasteiger partial charge in [-0.2, -0.15) is 0 Å². The number of hydrogen-bond acceptors (Lipinski definition) is 2. The largest absolute Gasteiger partial charge is 0.377 e. The van der Waals surface area contributed by atoms with E-state index in [1.165, 1.54) is 0 Å². The Hall–Kier alpha value is -2.26. The molecule has 0 fully saturated rings. The van der Waals surface area contributed by atoms with Crippen LogP contribution in [0.3, 0.4) is 0 Å². The summed E-state index contributed by atoms with van der Waals surface area (Å²) in [4.78, 5) is 12.5. The molecule has 1 N–H and O–H groups in total. The molecule has 0 amide bonds. The third-order valence-corrected chi connectivity index (χ3v) is 4.07. The van der Waals surface area contributed by atoms with Crippen molar-refractivity contribution in [3.63, 3.8) is 0 Å². The first-order valence-electron chi connectivity index (χ1n) is 7.13. The second-order valence-corrected chi connectivity index (χ2v) is 5.84. The minimum atomic E-state index is 0.0659. The van der Waals surface area contributed by atoms with Crippen LogP contribution < -0.4 is 5.32 Å². The number of carbonyl (C=O) groups is 1. The van der Waals surface area contributed by atoms with E-state index in [1.807, 2.05) is 67.2 Å². The lowest BCUT2D eigenvalue weighted by Gasteiger charge is -2.09. The van der Waals surface area contributed by atoms with E-state index in [9.17, 15) is 4.79 Å². The van der Waals surface area contributed by atoms with E-state index in [2.05, 4.69) is 5.32 Å².